The molecule has 2 aliphatic rings. The molecule has 2 heteroatoms. The highest BCUT2D eigenvalue weighted by molar-refractivity contribution is 4.98. The third-order valence-corrected chi connectivity index (χ3v) is 4.62. The van der Waals surface area contributed by atoms with Crippen LogP contribution in [0.15, 0.2) is 0 Å². The second-order valence-corrected chi connectivity index (χ2v) is 5.40. The van der Waals surface area contributed by atoms with Crippen molar-refractivity contribution in [2.24, 2.45) is 11.7 Å². The number of rotatable bonds is 3. The zero-order valence-electron chi connectivity index (χ0n) is 10.0. The van der Waals surface area contributed by atoms with Crippen LogP contribution in [0.1, 0.15) is 57.8 Å². The number of methoxy groups -OCH3 is 1. The van der Waals surface area contributed by atoms with Gasteiger partial charge in [0.15, 0.2) is 0 Å². The minimum Gasteiger partial charge on any atom is -0.377 e. The lowest BCUT2D eigenvalue weighted by atomic mass is 9.71. The molecule has 2 nitrogen and oxygen atoms in total. The van der Waals surface area contributed by atoms with Crippen molar-refractivity contribution < 1.29 is 4.74 Å². The number of hydrogen-bond donors (Lipinski definition) is 1. The first-order chi connectivity index (χ1) is 7.28. The summed E-state index contributed by atoms with van der Waals surface area (Å²) in [5.41, 5.74) is 6.46. The molecule has 0 aromatic carbocycles. The van der Waals surface area contributed by atoms with Crippen LogP contribution in [0.2, 0.25) is 0 Å². The van der Waals surface area contributed by atoms with E-state index in [0.717, 1.165) is 5.92 Å². The standard InChI is InChI=1S/C13H25NO/c1-15-13(9-4-2-3-5-10-13)12(14)11-7-6-8-11/h11-12H,2-10,14H2,1H3. The molecule has 0 aliphatic heterocycles. The van der Waals surface area contributed by atoms with Gasteiger partial charge in [-0.1, -0.05) is 32.1 Å². The molecule has 88 valence electrons. The molecule has 0 aromatic rings. The summed E-state index contributed by atoms with van der Waals surface area (Å²) >= 11 is 0. The average Bonchev–Trinajstić information content (AvgIpc) is 2.40. The lowest BCUT2D eigenvalue weighted by Crippen LogP contribution is -2.54. The van der Waals surface area contributed by atoms with Crippen LogP contribution in [0, 0.1) is 5.92 Å². The lowest BCUT2D eigenvalue weighted by molar-refractivity contribution is -0.0661. The van der Waals surface area contributed by atoms with Gasteiger partial charge in [0.25, 0.3) is 0 Å². The SMILES string of the molecule is COC1(C(N)C2CCC2)CCCCCC1. The molecule has 2 aliphatic carbocycles. The fourth-order valence-electron chi connectivity index (χ4n) is 3.23. The van der Waals surface area contributed by atoms with Crippen LogP contribution in [0.5, 0.6) is 0 Å². The zero-order chi connectivity index (χ0) is 10.7. The Kier molecular flexibility index (Phi) is 3.68. The summed E-state index contributed by atoms with van der Waals surface area (Å²) < 4.78 is 5.85. The normalized spacial score (nSPS) is 29.2. The molecule has 0 saturated heterocycles. The highest BCUT2D eigenvalue weighted by Gasteiger charge is 2.42. The first-order valence-corrected chi connectivity index (χ1v) is 6.59. The van der Waals surface area contributed by atoms with Gasteiger partial charge in [-0.15, -0.1) is 0 Å². The van der Waals surface area contributed by atoms with Crippen LogP contribution < -0.4 is 5.73 Å². The van der Waals surface area contributed by atoms with E-state index in [1.807, 2.05) is 7.11 Å². The quantitative estimate of drug-likeness (QED) is 0.729. The fraction of sp³-hybridized carbons (Fsp3) is 1.00. The van der Waals surface area contributed by atoms with Gasteiger partial charge in [0.05, 0.1) is 5.60 Å². The van der Waals surface area contributed by atoms with E-state index in [4.69, 9.17) is 10.5 Å². The van der Waals surface area contributed by atoms with Crippen LogP contribution in [-0.2, 0) is 4.74 Å². The van der Waals surface area contributed by atoms with E-state index in [0.29, 0.717) is 0 Å². The van der Waals surface area contributed by atoms with Crippen molar-refractivity contribution >= 4 is 0 Å². The van der Waals surface area contributed by atoms with E-state index in [-0.39, 0.29) is 11.6 Å². The van der Waals surface area contributed by atoms with E-state index in [2.05, 4.69) is 0 Å². The van der Waals surface area contributed by atoms with Gasteiger partial charge in [-0.3, -0.25) is 0 Å². The second-order valence-electron chi connectivity index (χ2n) is 5.40. The van der Waals surface area contributed by atoms with Crippen molar-refractivity contribution in [1.29, 1.82) is 0 Å². The number of nitrogens with two attached hydrogens (primary N) is 1. The van der Waals surface area contributed by atoms with Gasteiger partial charge in [0.1, 0.15) is 0 Å². The third-order valence-electron chi connectivity index (χ3n) is 4.62. The van der Waals surface area contributed by atoms with Gasteiger partial charge >= 0.3 is 0 Å². The van der Waals surface area contributed by atoms with Crippen molar-refractivity contribution in [2.75, 3.05) is 7.11 Å². The summed E-state index contributed by atoms with van der Waals surface area (Å²) in [4.78, 5) is 0. The molecule has 15 heavy (non-hydrogen) atoms. The minimum atomic E-state index is 0.0155. The molecule has 0 radical (unpaired) electrons. The van der Waals surface area contributed by atoms with E-state index >= 15 is 0 Å². The summed E-state index contributed by atoms with van der Waals surface area (Å²) in [6.07, 6.45) is 11.7. The Hall–Kier alpha value is -0.0800. The van der Waals surface area contributed by atoms with E-state index in [1.54, 1.807) is 0 Å². The molecule has 2 saturated carbocycles. The average molecular weight is 211 g/mol. The molecule has 2 N–H and O–H groups in total. The predicted molar refractivity (Wildman–Crippen MR) is 62.8 cm³/mol. The third kappa shape index (κ3) is 2.21. The molecular formula is C13H25NO. The smallest absolute Gasteiger partial charge is 0.0831 e. The first-order valence-electron chi connectivity index (χ1n) is 6.59. The fourth-order valence-corrected chi connectivity index (χ4v) is 3.23. The van der Waals surface area contributed by atoms with Crippen molar-refractivity contribution in [1.82, 2.24) is 0 Å². The summed E-state index contributed by atoms with van der Waals surface area (Å²) in [5.74, 6) is 0.739. The van der Waals surface area contributed by atoms with Gasteiger partial charge in [0.2, 0.25) is 0 Å². The topological polar surface area (TPSA) is 35.2 Å². The van der Waals surface area contributed by atoms with E-state index in [9.17, 15) is 0 Å². The molecule has 2 rings (SSSR count). The maximum atomic E-state index is 6.44. The molecule has 1 atom stereocenters. The van der Waals surface area contributed by atoms with Crippen molar-refractivity contribution in [3.05, 3.63) is 0 Å². The Morgan fingerprint density at radius 1 is 1.07 bits per heavy atom. The lowest BCUT2D eigenvalue weighted by Gasteiger charge is -2.44. The van der Waals surface area contributed by atoms with Crippen LogP contribution >= 0.6 is 0 Å². The van der Waals surface area contributed by atoms with E-state index < -0.39 is 0 Å². The molecule has 2 fully saturated rings. The first kappa shape index (κ1) is 11.4. The zero-order valence-corrected chi connectivity index (χ0v) is 10.0. The number of hydrogen-bond acceptors (Lipinski definition) is 2. The minimum absolute atomic E-state index is 0.0155. The Morgan fingerprint density at radius 3 is 2.07 bits per heavy atom. The predicted octanol–water partition coefficient (Wildman–Crippen LogP) is 2.85. The van der Waals surface area contributed by atoms with Gasteiger partial charge in [-0.25, -0.2) is 0 Å². The molecule has 0 bridgehead atoms. The van der Waals surface area contributed by atoms with Crippen LogP contribution in [0.3, 0.4) is 0 Å². The molecule has 0 spiro atoms. The van der Waals surface area contributed by atoms with Crippen molar-refractivity contribution in [3.8, 4) is 0 Å². The van der Waals surface area contributed by atoms with Crippen LogP contribution in [0.4, 0.5) is 0 Å². The molecule has 1 unspecified atom stereocenters. The van der Waals surface area contributed by atoms with Gasteiger partial charge in [-0.2, -0.15) is 0 Å². The van der Waals surface area contributed by atoms with E-state index in [1.165, 1.54) is 57.8 Å². The second kappa shape index (κ2) is 4.84. The summed E-state index contributed by atoms with van der Waals surface area (Å²) in [6.45, 7) is 0. The maximum Gasteiger partial charge on any atom is 0.0831 e. The molecule has 0 heterocycles. The van der Waals surface area contributed by atoms with Gasteiger partial charge < -0.3 is 10.5 Å². The molecular weight excluding hydrogens is 186 g/mol. The van der Waals surface area contributed by atoms with Gasteiger partial charge in [0, 0.05) is 13.2 Å². The largest absolute Gasteiger partial charge is 0.377 e. The van der Waals surface area contributed by atoms with Gasteiger partial charge in [-0.05, 0) is 31.6 Å². The summed E-state index contributed by atoms with van der Waals surface area (Å²) in [6, 6.07) is 0.286. The highest BCUT2D eigenvalue weighted by atomic mass is 16.5. The summed E-state index contributed by atoms with van der Waals surface area (Å²) in [7, 11) is 1.86. The number of ether oxygens (including phenoxy) is 1. The highest BCUT2D eigenvalue weighted by Crippen LogP contribution is 2.40. The molecule has 0 aromatic heterocycles. The van der Waals surface area contributed by atoms with Crippen molar-refractivity contribution in [3.63, 3.8) is 0 Å². The maximum absolute atomic E-state index is 6.44. The monoisotopic (exact) mass is 211 g/mol. The Bertz CT molecular complexity index is 193. The molecule has 0 amide bonds. The van der Waals surface area contributed by atoms with Crippen molar-refractivity contribution in [2.45, 2.75) is 69.4 Å². The Morgan fingerprint density at radius 2 is 1.67 bits per heavy atom. The summed E-state index contributed by atoms with van der Waals surface area (Å²) in [5, 5.41) is 0. The Balaban J connectivity index is 2.03. The van der Waals surface area contributed by atoms with Crippen LogP contribution in [0.25, 0.3) is 0 Å². The van der Waals surface area contributed by atoms with Crippen LogP contribution in [-0.4, -0.2) is 18.8 Å². The Labute approximate surface area is 93.6 Å².